The van der Waals surface area contributed by atoms with Crippen LogP contribution < -0.4 is 16.0 Å². The van der Waals surface area contributed by atoms with Crippen LogP contribution >= 0.6 is 0 Å². The third-order valence-electron chi connectivity index (χ3n) is 6.80. The number of hydrogen-bond acceptors (Lipinski definition) is 9. The molecule has 10 atom stereocenters. The Bertz CT molecular complexity index is 726. The Hall–Kier alpha value is -1.14. The van der Waals surface area contributed by atoms with E-state index in [0.29, 0.717) is 13.0 Å². The molecule has 3 fully saturated rings. The van der Waals surface area contributed by atoms with Crippen molar-refractivity contribution in [2.75, 3.05) is 20.6 Å². The van der Waals surface area contributed by atoms with Crippen molar-refractivity contribution in [3.63, 3.8) is 0 Å². The molecule has 0 bridgehead atoms. The molecule has 2 saturated heterocycles. The van der Waals surface area contributed by atoms with Gasteiger partial charge >= 0.3 is 0 Å². The SMILES string of the molecule is CNC1C2O[C@@]3(O)C(NCCc4ccccc4)C[C@@H](C)OC3OC2[C@@H](O)[C@H](NC)[C@@H]1O. The topological polar surface area (TPSA) is 124 Å². The van der Waals surface area contributed by atoms with Crippen LogP contribution in [0.25, 0.3) is 0 Å². The van der Waals surface area contributed by atoms with E-state index in [2.05, 4.69) is 28.1 Å². The molecule has 3 aliphatic rings. The lowest BCUT2D eigenvalue weighted by Gasteiger charge is -2.58. The Kier molecular flexibility index (Phi) is 6.97. The fourth-order valence-corrected chi connectivity index (χ4v) is 5.12. The van der Waals surface area contributed by atoms with E-state index in [1.807, 2.05) is 25.1 Å². The second kappa shape index (κ2) is 9.38. The molecule has 9 heteroatoms. The molecule has 0 amide bonds. The van der Waals surface area contributed by atoms with Gasteiger partial charge in [0.2, 0.25) is 12.1 Å². The minimum absolute atomic E-state index is 0.161. The Morgan fingerprint density at radius 1 is 1.00 bits per heavy atom. The second-order valence-electron chi connectivity index (χ2n) is 8.80. The standard InChI is InChI=1S/C22H35N3O6/c1-12-11-14(25-10-9-13-7-5-4-6-8-13)22(28)21(29-12)30-20-18(27)15(23-2)17(26)16(24-3)19(20)31-22/h4-8,12,14-21,23-28H,9-11H2,1-3H3/t12-,14?,15-,16?,17+,18+,19?,20?,21?,22+/m1/s1. The highest BCUT2D eigenvalue weighted by atomic mass is 16.8. The molecule has 1 aliphatic carbocycles. The van der Waals surface area contributed by atoms with E-state index in [-0.39, 0.29) is 6.10 Å². The zero-order valence-electron chi connectivity index (χ0n) is 18.3. The number of hydrogen-bond donors (Lipinski definition) is 6. The summed E-state index contributed by atoms with van der Waals surface area (Å²) in [4.78, 5) is 0. The number of likely N-dealkylation sites (N-methyl/N-ethyl adjacent to an activating group) is 2. The summed E-state index contributed by atoms with van der Waals surface area (Å²) in [6.07, 6.45) is -3.34. The number of benzene rings is 1. The highest BCUT2D eigenvalue weighted by Crippen LogP contribution is 2.41. The number of rotatable bonds is 6. The highest BCUT2D eigenvalue weighted by Gasteiger charge is 2.63. The smallest absolute Gasteiger partial charge is 0.234 e. The van der Waals surface area contributed by atoms with Crippen molar-refractivity contribution < 1.29 is 29.5 Å². The summed E-state index contributed by atoms with van der Waals surface area (Å²) in [5.41, 5.74) is 1.20. The second-order valence-corrected chi connectivity index (χ2v) is 8.80. The monoisotopic (exact) mass is 437 g/mol. The lowest BCUT2D eigenvalue weighted by Crippen LogP contribution is -2.79. The van der Waals surface area contributed by atoms with Gasteiger partial charge in [-0.05, 0) is 46.0 Å². The van der Waals surface area contributed by atoms with Crippen molar-refractivity contribution in [2.45, 2.75) is 80.5 Å². The third kappa shape index (κ3) is 4.27. The van der Waals surface area contributed by atoms with E-state index in [1.165, 1.54) is 5.56 Å². The zero-order valence-corrected chi connectivity index (χ0v) is 18.3. The molecule has 2 aliphatic heterocycles. The summed E-state index contributed by atoms with van der Waals surface area (Å²) in [5.74, 6) is -1.74. The molecular weight excluding hydrogens is 402 g/mol. The lowest BCUT2D eigenvalue weighted by molar-refractivity contribution is -0.449. The van der Waals surface area contributed by atoms with Crippen molar-refractivity contribution in [1.82, 2.24) is 16.0 Å². The van der Waals surface area contributed by atoms with E-state index in [1.54, 1.807) is 14.1 Å². The molecule has 6 N–H and O–H groups in total. The van der Waals surface area contributed by atoms with Crippen molar-refractivity contribution in [3.05, 3.63) is 35.9 Å². The molecule has 0 spiro atoms. The molecule has 31 heavy (non-hydrogen) atoms. The summed E-state index contributed by atoms with van der Waals surface area (Å²) in [6.45, 7) is 2.57. The normalized spacial score (nSPS) is 45.0. The van der Waals surface area contributed by atoms with Crippen molar-refractivity contribution in [3.8, 4) is 0 Å². The molecule has 1 aromatic carbocycles. The number of ether oxygens (including phenoxy) is 3. The van der Waals surface area contributed by atoms with E-state index in [9.17, 15) is 15.3 Å². The van der Waals surface area contributed by atoms with Gasteiger partial charge in [-0.15, -0.1) is 0 Å². The van der Waals surface area contributed by atoms with Gasteiger partial charge in [0.25, 0.3) is 0 Å². The first kappa shape index (κ1) is 23.0. The maximum Gasteiger partial charge on any atom is 0.234 e. The van der Waals surface area contributed by atoms with E-state index in [4.69, 9.17) is 14.2 Å². The molecule has 0 radical (unpaired) electrons. The molecule has 0 aromatic heterocycles. The Balaban J connectivity index is 1.52. The average Bonchev–Trinajstić information content (AvgIpc) is 2.75. The third-order valence-corrected chi connectivity index (χ3v) is 6.80. The van der Waals surface area contributed by atoms with Crippen LogP contribution in [0, 0.1) is 0 Å². The molecule has 1 aromatic rings. The van der Waals surface area contributed by atoms with E-state index >= 15 is 0 Å². The van der Waals surface area contributed by atoms with Crippen LogP contribution in [0.3, 0.4) is 0 Å². The molecule has 1 saturated carbocycles. The lowest BCUT2D eigenvalue weighted by atomic mass is 9.79. The molecule has 9 nitrogen and oxygen atoms in total. The van der Waals surface area contributed by atoms with Gasteiger partial charge in [-0.3, -0.25) is 0 Å². The molecule has 2 heterocycles. The minimum Gasteiger partial charge on any atom is -0.390 e. The summed E-state index contributed by atoms with van der Waals surface area (Å²) >= 11 is 0. The number of aliphatic hydroxyl groups excluding tert-OH is 2. The highest BCUT2D eigenvalue weighted by molar-refractivity contribution is 5.15. The fraction of sp³-hybridized carbons (Fsp3) is 0.727. The molecular formula is C22H35N3O6. The molecule has 174 valence electrons. The number of nitrogens with one attached hydrogen (secondary N) is 3. The van der Waals surface area contributed by atoms with Gasteiger partial charge in [0.05, 0.1) is 30.3 Å². The maximum atomic E-state index is 11.6. The average molecular weight is 438 g/mol. The van der Waals surface area contributed by atoms with Gasteiger partial charge in [-0.25, -0.2) is 0 Å². The van der Waals surface area contributed by atoms with Crippen LogP contribution in [0.1, 0.15) is 18.9 Å². The Morgan fingerprint density at radius 2 is 1.71 bits per heavy atom. The van der Waals surface area contributed by atoms with Gasteiger partial charge in [0.1, 0.15) is 18.3 Å². The first-order valence-electron chi connectivity index (χ1n) is 11.1. The first-order valence-corrected chi connectivity index (χ1v) is 11.1. The van der Waals surface area contributed by atoms with Crippen molar-refractivity contribution in [2.24, 2.45) is 0 Å². The quantitative estimate of drug-likeness (QED) is 0.322. The molecule has 5 unspecified atom stereocenters. The maximum absolute atomic E-state index is 11.6. The van der Waals surface area contributed by atoms with Crippen molar-refractivity contribution in [1.29, 1.82) is 0 Å². The van der Waals surface area contributed by atoms with E-state index in [0.717, 1.165) is 6.42 Å². The van der Waals surface area contributed by atoms with Crippen LogP contribution in [-0.2, 0) is 20.6 Å². The van der Waals surface area contributed by atoms with Crippen molar-refractivity contribution >= 4 is 0 Å². The summed E-state index contributed by atoms with van der Waals surface area (Å²) in [6, 6.07) is 8.55. The van der Waals surface area contributed by atoms with Crippen LogP contribution in [0.4, 0.5) is 0 Å². The van der Waals surface area contributed by atoms with Gasteiger partial charge in [-0.1, -0.05) is 30.3 Å². The van der Waals surface area contributed by atoms with Gasteiger partial charge in [0, 0.05) is 0 Å². The van der Waals surface area contributed by atoms with Crippen LogP contribution in [0.5, 0.6) is 0 Å². The van der Waals surface area contributed by atoms with Crippen LogP contribution in [0.2, 0.25) is 0 Å². The summed E-state index contributed by atoms with van der Waals surface area (Å²) < 4.78 is 18.2. The predicted octanol–water partition coefficient (Wildman–Crippen LogP) is -1.29. The fourth-order valence-electron chi connectivity index (χ4n) is 5.12. The summed E-state index contributed by atoms with van der Waals surface area (Å²) in [5, 5.41) is 42.6. The van der Waals surface area contributed by atoms with Gasteiger partial charge in [-0.2, -0.15) is 0 Å². The largest absolute Gasteiger partial charge is 0.390 e. The van der Waals surface area contributed by atoms with E-state index < -0.39 is 54.6 Å². The van der Waals surface area contributed by atoms with Gasteiger partial charge < -0.3 is 45.5 Å². The first-order chi connectivity index (χ1) is 14.9. The number of fused-ring (bicyclic) bond motifs is 2. The predicted molar refractivity (Wildman–Crippen MR) is 113 cm³/mol. The van der Waals surface area contributed by atoms with Crippen LogP contribution in [0.15, 0.2) is 30.3 Å². The van der Waals surface area contributed by atoms with Gasteiger partial charge in [0.15, 0.2) is 0 Å². The Morgan fingerprint density at radius 3 is 2.39 bits per heavy atom. The van der Waals surface area contributed by atoms with Crippen LogP contribution in [-0.4, -0.2) is 96.7 Å². The Labute approximate surface area is 183 Å². The number of aliphatic hydroxyl groups is 3. The minimum atomic E-state index is -1.74. The molecule has 4 rings (SSSR count). The summed E-state index contributed by atoms with van der Waals surface area (Å²) in [7, 11) is 3.39. The zero-order chi connectivity index (χ0) is 22.2.